The normalized spacial score (nSPS) is 24.2. The maximum absolute atomic E-state index is 12.6. The summed E-state index contributed by atoms with van der Waals surface area (Å²) in [6.45, 7) is 5.44. The lowest BCUT2D eigenvalue weighted by Crippen LogP contribution is -2.54. The number of sulfonamides is 1. The van der Waals surface area contributed by atoms with E-state index in [2.05, 4.69) is 27.3 Å². The Bertz CT molecular complexity index is 725. The molecule has 0 spiro atoms. The van der Waals surface area contributed by atoms with Crippen LogP contribution >= 0.6 is 24.0 Å². The van der Waals surface area contributed by atoms with Crippen LogP contribution in [0.4, 0.5) is 0 Å². The topological polar surface area (TPSA) is 91.0 Å². The summed E-state index contributed by atoms with van der Waals surface area (Å²) < 4.78 is 31.4. The van der Waals surface area contributed by atoms with Gasteiger partial charge in [-0.05, 0) is 24.7 Å². The van der Waals surface area contributed by atoms with Crippen LogP contribution in [0.2, 0.25) is 0 Å². The molecule has 8 nitrogen and oxygen atoms in total. The zero-order valence-electron chi connectivity index (χ0n) is 17.4. The third kappa shape index (κ3) is 6.81. The van der Waals surface area contributed by atoms with E-state index in [1.807, 2.05) is 0 Å². The van der Waals surface area contributed by atoms with Crippen molar-refractivity contribution in [1.29, 1.82) is 0 Å². The standard InChI is InChI=1S/C19H33N5O3S.HI/c1-3-16-4-6-17(7-5-16)14-21-19(20-2)23-9-11-24(12-10-23)28(25,26)15-18-8-13-27-22-18;/h8,13,16-17H,3-7,9-12,14-15H2,1-2H3,(H,20,21);1H. The molecule has 1 aromatic heterocycles. The molecule has 3 rings (SSSR count). The van der Waals surface area contributed by atoms with Gasteiger partial charge >= 0.3 is 0 Å². The molecule has 1 aliphatic heterocycles. The van der Waals surface area contributed by atoms with Crippen molar-refractivity contribution >= 4 is 40.0 Å². The second-order valence-electron chi connectivity index (χ2n) is 7.86. The number of aromatic nitrogens is 1. The van der Waals surface area contributed by atoms with Crippen LogP contribution in [-0.4, -0.2) is 68.5 Å². The van der Waals surface area contributed by atoms with E-state index in [-0.39, 0.29) is 29.7 Å². The minimum absolute atomic E-state index is 0. The number of nitrogens with one attached hydrogen (secondary N) is 1. The molecule has 0 bridgehead atoms. The van der Waals surface area contributed by atoms with Gasteiger partial charge in [0.25, 0.3) is 0 Å². The highest BCUT2D eigenvalue weighted by molar-refractivity contribution is 14.0. The molecule has 29 heavy (non-hydrogen) atoms. The Kier molecular flexibility index (Phi) is 9.67. The molecule has 0 unspecified atom stereocenters. The number of guanidine groups is 1. The van der Waals surface area contributed by atoms with Crippen molar-refractivity contribution in [3.05, 3.63) is 18.0 Å². The number of nitrogens with zero attached hydrogens (tertiary/aromatic N) is 4. The molecule has 1 aliphatic carbocycles. The second kappa shape index (κ2) is 11.5. The molecule has 10 heteroatoms. The number of piperazine rings is 1. The highest BCUT2D eigenvalue weighted by Gasteiger charge is 2.29. The fourth-order valence-electron chi connectivity index (χ4n) is 4.18. The summed E-state index contributed by atoms with van der Waals surface area (Å²) in [5.41, 5.74) is 0.442. The molecule has 2 heterocycles. The first kappa shape index (κ1) is 24.4. The van der Waals surface area contributed by atoms with Gasteiger partial charge in [0.15, 0.2) is 5.96 Å². The van der Waals surface area contributed by atoms with Gasteiger partial charge in [-0.25, -0.2) is 8.42 Å². The highest BCUT2D eigenvalue weighted by Crippen LogP contribution is 2.30. The van der Waals surface area contributed by atoms with E-state index in [4.69, 9.17) is 4.52 Å². The Morgan fingerprint density at radius 2 is 1.86 bits per heavy atom. The first-order valence-corrected chi connectivity index (χ1v) is 12.0. The molecule has 0 atom stereocenters. The number of hydrogen-bond acceptors (Lipinski definition) is 5. The molecule has 1 saturated carbocycles. The van der Waals surface area contributed by atoms with Gasteiger partial charge in [0.05, 0.1) is 5.69 Å². The zero-order valence-corrected chi connectivity index (χ0v) is 20.6. The van der Waals surface area contributed by atoms with Gasteiger partial charge in [0.2, 0.25) is 10.0 Å². The van der Waals surface area contributed by atoms with Crippen molar-refractivity contribution < 1.29 is 12.9 Å². The maximum atomic E-state index is 12.6. The van der Waals surface area contributed by atoms with E-state index in [1.54, 1.807) is 13.1 Å². The Balaban J connectivity index is 0.00000300. The molecule has 0 radical (unpaired) electrons. The van der Waals surface area contributed by atoms with Crippen LogP contribution in [0.3, 0.4) is 0 Å². The Morgan fingerprint density at radius 3 is 2.41 bits per heavy atom. The van der Waals surface area contributed by atoms with Crippen molar-refractivity contribution in [1.82, 2.24) is 19.7 Å². The fraction of sp³-hybridized carbons (Fsp3) is 0.789. The zero-order chi connectivity index (χ0) is 20.0. The fourth-order valence-corrected chi connectivity index (χ4v) is 5.60. The molecule has 0 aromatic carbocycles. The highest BCUT2D eigenvalue weighted by atomic mass is 127. The summed E-state index contributed by atoms with van der Waals surface area (Å²) in [6, 6.07) is 1.59. The molecular weight excluding hydrogens is 505 g/mol. The molecular formula is C19H34IN5O3S. The Morgan fingerprint density at radius 1 is 1.21 bits per heavy atom. The largest absolute Gasteiger partial charge is 0.364 e. The number of aliphatic imine (C=N–C) groups is 1. The van der Waals surface area contributed by atoms with Gasteiger partial charge in [-0.2, -0.15) is 4.31 Å². The van der Waals surface area contributed by atoms with Crippen LogP contribution in [0, 0.1) is 11.8 Å². The first-order valence-electron chi connectivity index (χ1n) is 10.3. The maximum Gasteiger partial charge on any atom is 0.220 e. The Hall–Kier alpha value is -0.880. The molecule has 1 N–H and O–H groups in total. The minimum atomic E-state index is -3.38. The van der Waals surface area contributed by atoms with Gasteiger partial charge < -0.3 is 14.7 Å². The van der Waals surface area contributed by atoms with Crippen LogP contribution in [0.5, 0.6) is 0 Å². The van der Waals surface area contributed by atoms with Crippen LogP contribution < -0.4 is 5.32 Å². The molecule has 2 aliphatic rings. The van der Waals surface area contributed by atoms with Gasteiger partial charge in [-0.1, -0.05) is 31.3 Å². The summed E-state index contributed by atoms with van der Waals surface area (Å²) in [6.07, 6.45) is 7.94. The van der Waals surface area contributed by atoms with Crippen LogP contribution in [0.1, 0.15) is 44.7 Å². The van der Waals surface area contributed by atoms with E-state index >= 15 is 0 Å². The predicted molar refractivity (Wildman–Crippen MR) is 125 cm³/mol. The molecule has 0 amide bonds. The van der Waals surface area contributed by atoms with Crippen molar-refractivity contribution in [2.75, 3.05) is 39.8 Å². The van der Waals surface area contributed by atoms with E-state index < -0.39 is 10.0 Å². The monoisotopic (exact) mass is 539 g/mol. The number of hydrogen-bond donors (Lipinski definition) is 1. The second-order valence-corrected chi connectivity index (χ2v) is 9.83. The van der Waals surface area contributed by atoms with Gasteiger partial charge in [0, 0.05) is 45.8 Å². The van der Waals surface area contributed by atoms with E-state index in [0.29, 0.717) is 37.8 Å². The predicted octanol–water partition coefficient (Wildman–Crippen LogP) is 2.53. The quantitative estimate of drug-likeness (QED) is 0.340. The van der Waals surface area contributed by atoms with Gasteiger partial charge in [0.1, 0.15) is 12.0 Å². The van der Waals surface area contributed by atoms with Gasteiger partial charge in [-0.15, -0.1) is 24.0 Å². The summed E-state index contributed by atoms with van der Waals surface area (Å²) >= 11 is 0. The van der Waals surface area contributed by atoms with Crippen LogP contribution in [0.25, 0.3) is 0 Å². The molecule has 1 aromatic rings. The van der Waals surface area contributed by atoms with Crippen LogP contribution in [-0.2, 0) is 15.8 Å². The minimum Gasteiger partial charge on any atom is -0.364 e. The smallest absolute Gasteiger partial charge is 0.220 e. The third-order valence-corrected chi connectivity index (χ3v) is 7.87. The van der Waals surface area contributed by atoms with Crippen molar-refractivity contribution in [2.24, 2.45) is 16.8 Å². The summed E-state index contributed by atoms with van der Waals surface area (Å²) in [7, 11) is -1.58. The SMILES string of the molecule is CCC1CCC(CNC(=NC)N2CCN(S(=O)(=O)Cc3ccon3)CC2)CC1.I. The van der Waals surface area contributed by atoms with E-state index in [9.17, 15) is 8.42 Å². The summed E-state index contributed by atoms with van der Waals surface area (Å²) in [5, 5.41) is 7.23. The van der Waals surface area contributed by atoms with Crippen molar-refractivity contribution in [2.45, 2.75) is 44.8 Å². The molecule has 2 fully saturated rings. The number of rotatable bonds is 6. The van der Waals surface area contributed by atoms with E-state index in [1.165, 1.54) is 42.7 Å². The molecule has 1 saturated heterocycles. The lowest BCUT2D eigenvalue weighted by Gasteiger charge is -2.36. The summed E-state index contributed by atoms with van der Waals surface area (Å²) in [4.78, 5) is 6.57. The third-order valence-electron chi connectivity index (χ3n) is 6.06. The first-order chi connectivity index (χ1) is 13.5. The van der Waals surface area contributed by atoms with Gasteiger partial charge in [-0.3, -0.25) is 4.99 Å². The van der Waals surface area contributed by atoms with E-state index in [0.717, 1.165) is 18.4 Å². The van der Waals surface area contributed by atoms with Crippen molar-refractivity contribution in [3.63, 3.8) is 0 Å². The lowest BCUT2D eigenvalue weighted by atomic mass is 9.81. The average Bonchev–Trinajstić information content (AvgIpc) is 3.21. The van der Waals surface area contributed by atoms with Crippen molar-refractivity contribution in [3.8, 4) is 0 Å². The average molecular weight is 539 g/mol. The summed E-state index contributed by atoms with van der Waals surface area (Å²) in [5.74, 6) is 2.38. The number of halogens is 1. The molecule has 166 valence electrons. The Labute approximate surface area is 191 Å². The lowest BCUT2D eigenvalue weighted by molar-refractivity contribution is 0.249. The van der Waals surface area contributed by atoms with Crippen LogP contribution in [0.15, 0.2) is 21.8 Å².